The van der Waals surface area contributed by atoms with E-state index < -0.39 is 24.3 Å². The summed E-state index contributed by atoms with van der Waals surface area (Å²) in [5.74, 6) is -3.79. The van der Waals surface area contributed by atoms with Crippen molar-refractivity contribution in [2.24, 2.45) is 5.92 Å². The Bertz CT molecular complexity index is 511. The standard InChI is InChI=1S/C31H58O4.2Na/c1-2-3-4-5-6-7-8-9-10-11-12-13-14-15-16-17-18-19-20-21-22-23-24-25-26-27-29(31(34)35)28-30(32)33;;/h26-27,29H,2-25,28H2,1H3,(H,32,33)(H,34,35);;/q;2*+1/p-2/b27-26+;;. The van der Waals surface area contributed by atoms with E-state index in [9.17, 15) is 19.8 Å². The van der Waals surface area contributed by atoms with Crippen LogP contribution in [0.3, 0.4) is 0 Å². The fourth-order valence-corrected chi connectivity index (χ4v) is 4.72. The maximum absolute atomic E-state index is 10.8. The Kier molecular flexibility index (Phi) is 39.5. The minimum absolute atomic E-state index is 0. The fraction of sp³-hybridized carbons (Fsp3) is 0.871. The number of carboxylic acids is 2. The predicted octanol–water partition coefficient (Wildman–Crippen LogP) is 1.44. The number of allylic oxidation sites excluding steroid dienone is 1. The average Bonchev–Trinajstić information content (AvgIpc) is 2.83. The minimum atomic E-state index is -1.36. The number of hydrogen-bond donors (Lipinski definition) is 0. The zero-order valence-electron chi connectivity index (χ0n) is 25.0. The number of hydrogen-bond acceptors (Lipinski definition) is 4. The van der Waals surface area contributed by atoms with E-state index in [0.29, 0.717) is 0 Å². The fourth-order valence-electron chi connectivity index (χ4n) is 4.72. The van der Waals surface area contributed by atoms with Crippen LogP contribution in [0.4, 0.5) is 0 Å². The molecule has 0 saturated carbocycles. The predicted molar refractivity (Wildman–Crippen MR) is 144 cm³/mol. The van der Waals surface area contributed by atoms with Crippen LogP contribution in [-0.4, -0.2) is 11.9 Å². The second-order valence-electron chi connectivity index (χ2n) is 10.5. The van der Waals surface area contributed by atoms with Crippen LogP contribution in [0.5, 0.6) is 0 Å². The molecule has 0 heterocycles. The normalized spacial score (nSPS) is 11.7. The van der Waals surface area contributed by atoms with Crippen LogP contribution in [0.2, 0.25) is 0 Å². The topological polar surface area (TPSA) is 80.3 Å². The maximum Gasteiger partial charge on any atom is 1.00 e. The van der Waals surface area contributed by atoms with Crippen LogP contribution in [0.15, 0.2) is 12.2 Å². The molecule has 0 radical (unpaired) electrons. The Labute approximate surface area is 274 Å². The summed E-state index contributed by atoms with van der Waals surface area (Å²) in [5, 5.41) is 21.4. The van der Waals surface area contributed by atoms with E-state index >= 15 is 0 Å². The number of carbonyl (C=O) groups is 2. The van der Waals surface area contributed by atoms with E-state index in [4.69, 9.17) is 0 Å². The second-order valence-corrected chi connectivity index (χ2v) is 10.5. The van der Waals surface area contributed by atoms with Gasteiger partial charge >= 0.3 is 59.1 Å². The molecule has 0 saturated heterocycles. The Morgan fingerprint density at radius 3 is 1.11 bits per heavy atom. The molecule has 0 aromatic heterocycles. The molecule has 1 atom stereocenters. The van der Waals surface area contributed by atoms with Gasteiger partial charge in [0.25, 0.3) is 0 Å². The number of carbonyl (C=O) groups excluding carboxylic acids is 2. The third kappa shape index (κ3) is 34.7. The van der Waals surface area contributed by atoms with Gasteiger partial charge in [0, 0.05) is 17.9 Å². The molecule has 206 valence electrons. The molecule has 0 spiro atoms. The van der Waals surface area contributed by atoms with Gasteiger partial charge in [0.05, 0.1) is 0 Å². The van der Waals surface area contributed by atoms with Crippen molar-refractivity contribution in [3.8, 4) is 0 Å². The molecule has 0 fully saturated rings. The van der Waals surface area contributed by atoms with E-state index in [0.717, 1.165) is 19.3 Å². The van der Waals surface area contributed by atoms with Gasteiger partial charge in [-0.1, -0.05) is 160 Å². The monoisotopic (exact) mass is 538 g/mol. The molecule has 0 aromatic carbocycles. The molecule has 0 aliphatic carbocycles. The van der Waals surface area contributed by atoms with Gasteiger partial charge in [-0.2, -0.15) is 0 Å². The molecule has 0 aromatic rings. The molecule has 1 unspecified atom stereocenters. The van der Waals surface area contributed by atoms with Gasteiger partial charge in [-0.25, -0.2) is 0 Å². The van der Waals surface area contributed by atoms with Crippen molar-refractivity contribution >= 4 is 11.9 Å². The van der Waals surface area contributed by atoms with Gasteiger partial charge in [-0.3, -0.25) is 0 Å². The van der Waals surface area contributed by atoms with E-state index in [2.05, 4.69) is 6.92 Å². The minimum Gasteiger partial charge on any atom is -0.550 e. The van der Waals surface area contributed by atoms with Crippen molar-refractivity contribution in [3.63, 3.8) is 0 Å². The smallest absolute Gasteiger partial charge is 0.550 e. The van der Waals surface area contributed by atoms with Gasteiger partial charge in [0.15, 0.2) is 0 Å². The molecular formula is C31H56Na2O4. The summed E-state index contributed by atoms with van der Waals surface area (Å²) in [6.45, 7) is 2.28. The number of carboxylic acid groups (broad SMARTS) is 2. The van der Waals surface area contributed by atoms with Crippen molar-refractivity contribution in [1.82, 2.24) is 0 Å². The Morgan fingerprint density at radius 1 is 0.541 bits per heavy atom. The first-order valence-electron chi connectivity index (χ1n) is 15.1. The first kappa shape index (κ1) is 42.2. The Balaban J connectivity index is -0.00000578. The van der Waals surface area contributed by atoms with E-state index in [1.165, 1.54) is 141 Å². The largest absolute Gasteiger partial charge is 1.00 e. The molecule has 0 aliphatic heterocycles. The third-order valence-corrected chi connectivity index (χ3v) is 7.03. The summed E-state index contributed by atoms with van der Waals surface area (Å²) in [4.78, 5) is 21.4. The van der Waals surface area contributed by atoms with Crippen LogP contribution in [0.25, 0.3) is 0 Å². The summed E-state index contributed by atoms with van der Waals surface area (Å²) in [6.07, 6.45) is 34.9. The van der Waals surface area contributed by atoms with Crippen LogP contribution in [0, 0.1) is 5.92 Å². The molecule has 0 amide bonds. The first-order valence-corrected chi connectivity index (χ1v) is 15.1. The molecular weight excluding hydrogens is 482 g/mol. The second kappa shape index (κ2) is 34.7. The third-order valence-electron chi connectivity index (χ3n) is 7.03. The van der Waals surface area contributed by atoms with Crippen LogP contribution >= 0.6 is 0 Å². The maximum atomic E-state index is 10.8. The van der Waals surface area contributed by atoms with Crippen molar-refractivity contribution in [3.05, 3.63) is 12.2 Å². The summed E-state index contributed by atoms with van der Waals surface area (Å²) < 4.78 is 0. The summed E-state index contributed by atoms with van der Waals surface area (Å²) in [6, 6.07) is 0. The molecule has 0 rings (SSSR count). The van der Waals surface area contributed by atoms with Crippen LogP contribution in [0.1, 0.15) is 167 Å². The van der Waals surface area contributed by atoms with E-state index in [1.54, 1.807) is 6.08 Å². The van der Waals surface area contributed by atoms with Crippen molar-refractivity contribution in [2.75, 3.05) is 0 Å². The zero-order valence-corrected chi connectivity index (χ0v) is 29.0. The molecule has 0 aliphatic rings. The molecule has 6 heteroatoms. The molecule has 0 N–H and O–H groups in total. The number of unbranched alkanes of at least 4 members (excludes halogenated alkanes) is 23. The summed E-state index contributed by atoms with van der Waals surface area (Å²) >= 11 is 0. The van der Waals surface area contributed by atoms with Gasteiger partial charge in [0.2, 0.25) is 0 Å². The van der Waals surface area contributed by atoms with E-state index in [-0.39, 0.29) is 59.1 Å². The Morgan fingerprint density at radius 2 is 0.838 bits per heavy atom. The van der Waals surface area contributed by atoms with Gasteiger partial charge < -0.3 is 19.8 Å². The SMILES string of the molecule is CCCCCCCCCCCCCCCCCCCCCCCCC/C=C/C(CC(=O)[O-])C(=O)[O-].[Na+].[Na+]. The molecule has 37 heavy (non-hydrogen) atoms. The van der Waals surface area contributed by atoms with Crippen molar-refractivity contribution in [1.29, 1.82) is 0 Å². The van der Waals surface area contributed by atoms with Crippen LogP contribution in [-0.2, 0) is 9.59 Å². The Hall–Kier alpha value is 0.680. The van der Waals surface area contributed by atoms with Gasteiger partial charge in [-0.05, 0) is 19.3 Å². The average molecular weight is 539 g/mol. The van der Waals surface area contributed by atoms with Crippen molar-refractivity contribution < 1.29 is 78.9 Å². The van der Waals surface area contributed by atoms with Gasteiger partial charge in [0.1, 0.15) is 0 Å². The van der Waals surface area contributed by atoms with Crippen LogP contribution < -0.4 is 69.3 Å². The first-order chi connectivity index (χ1) is 17.1. The van der Waals surface area contributed by atoms with Crippen molar-refractivity contribution in [2.45, 2.75) is 167 Å². The summed E-state index contributed by atoms with van der Waals surface area (Å²) in [7, 11) is 0. The quantitative estimate of drug-likeness (QED) is 0.0858. The molecule has 4 nitrogen and oxygen atoms in total. The zero-order chi connectivity index (χ0) is 25.8. The summed E-state index contributed by atoms with van der Waals surface area (Å²) in [5.41, 5.74) is 0. The van der Waals surface area contributed by atoms with E-state index in [1.807, 2.05) is 0 Å². The van der Waals surface area contributed by atoms with Gasteiger partial charge in [-0.15, -0.1) is 0 Å². The number of rotatable bonds is 28. The number of aliphatic carboxylic acids is 2. The molecule has 0 bridgehead atoms.